The van der Waals surface area contributed by atoms with Crippen LogP contribution in [0.1, 0.15) is 39.0 Å². The highest BCUT2D eigenvalue weighted by Gasteiger charge is 2.21. The second kappa shape index (κ2) is 2.06. The van der Waals surface area contributed by atoms with E-state index in [1.807, 2.05) is 6.92 Å². The topological polar surface area (TPSA) is 23.8 Å². The zero-order valence-electron chi connectivity index (χ0n) is 5.54. The summed E-state index contributed by atoms with van der Waals surface area (Å²) >= 11 is 0. The molecule has 1 fully saturated rings. The first-order chi connectivity index (χ1) is 3.71. The number of hydrogen-bond acceptors (Lipinski definition) is 0. The van der Waals surface area contributed by atoms with Crippen molar-refractivity contribution in [3.8, 4) is 0 Å². The maximum atomic E-state index is 7.63. The molecule has 0 saturated heterocycles. The maximum absolute atomic E-state index is 7.63. The highest BCUT2D eigenvalue weighted by molar-refractivity contribution is 4.80. The van der Waals surface area contributed by atoms with Crippen LogP contribution in [0.2, 0.25) is 0 Å². The van der Waals surface area contributed by atoms with Crippen LogP contribution < -0.4 is 5.73 Å². The molecule has 0 aromatic carbocycles. The number of rotatable bonds is 0. The fraction of sp³-hybridized carbons (Fsp3) is 1.00. The number of hydrogen-bond donors (Lipinski definition) is 0. The molecule has 0 bridgehead atoms. The highest BCUT2D eigenvalue weighted by Crippen LogP contribution is 2.25. The van der Waals surface area contributed by atoms with Gasteiger partial charge in [-0.2, -0.15) is 0 Å². The van der Waals surface area contributed by atoms with Crippen molar-refractivity contribution in [1.82, 2.24) is 5.73 Å². The second-order valence-corrected chi connectivity index (χ2v) is 3.12. The summed E-state index contributed by atoms with van der Waals surface area (Å²) in [5.41, 5.74) is 7.55. The van der Waals surface area contributed by atoms with Gasteiger partial charge in [0.1, 0.15) is 0 Å². The minimum atomic E-state index is -0.0712. The van der Waals surface area contributed by atoms with Gasteiger partial charge in [0.2, 0.25) is 0 Å². The van der Waals surface area contributed by atoms with Crippen molar-refractivity contribution in [1.29, 1.82) is 0 Å². The van der Waals surface area contributed by atoms with Gasteiger partial charge in [-0.1, -0.05) is 19.3 Å². The van der Waals surface area contributed by atoms with Gasteiger partial charge >= 0.3 is 0 Å². The van der Waals surface area contributed by atoms with Crippen LogP contribution in [-0.2, 0) is 0 Å². The first-order valence-electron chi connectivity index (χ1n) is 3.46. The predicted molar refractivity (Wildman–Crippen MR) is 34.6 cm³/mol. The molecule has 0 aromatic heterocycles. The largest absolute Gasteiger partial charge is 0.251 e. The lowest BCUT2D eigenvalue weighted by molar-refractivity contribution is 0.312. The van der Waals surface area contributed by atoms with E-state index < -0.39 is 0 Å². The van der Waals surface area contributed by atoms with Crippen LogP contribution >= 0.6 is 0 Å². The summed E-state index contributed by atoms with van der Waals surface area (Å²) in [6.07, 6.45) is 6.15. The van der Waals surface area contributed by atoms with Crippen molar-refractivity contribution < 1.29 is 0 Å². The first kappa shape index (κ1) is 6.09. The van der Waals surface area contributed by atoms with Gasteiger partial charge < -0.3 is 0 Å². The molecule has 0 aromatic rings. The van der Waals surface area contributed by atoms with Gasteiger partial charge in [0.15, 0.2) is 0 Å². The second-order valence-electron chi connectivity index (χ2n) is 3.12. The molecule has 47 valence electrons. The Bertz CT molecular complexity index is 68.5. The van der Waals surface area contributed by atoms with Gasteiger partial charge in [0, 0.05) is 5.54 Å². The third-order valence-corrected chi connectivity index (χ3v) is 1.96. The Labute approximate surface area is 51.3 Å². The average Bonchev–Trinajstić information content (AvgIpc) is 1.65. The summed E-state index contributed by atoms with van der Waals surface area (Å²) in [5, 5.41) is 0. The van der Waals surface area contributed by atoms with Gasteiger partial charge in [-0.15, -0.1) is 0 Å². The van der Waals surface area contributed by atoms with Gasteiger partial charge in [0.25, 0.3) is 0 Å². The molecular formula is C7H14N. The number of nitrogens with one attached hydrogen (secondary N) is 1. The first-order valence-corrected chi connectivity index (χ1v) is 3.46. The lowest BCUT2D eigenvalue weighted by Crippen LogP contribution is -2.28. The van der Waals surface area contributed by atoms with Crippen molar-refractivity contribution in [3.63, 3.8) is 0 Å². The molecule has 1 aliphatic rings. The van der Waals surface area contributed by atoms with E-state index in [9.17, 15) is 0 Å². The van der Waals surface area contributed by atoms with E-state index in [4.69, 9.17) is 5.73 Å². The van der Waals surface area contributed by atoms with Crippen LogP contribution in [0.15, 0.2) is 0 Å². The molecule has 0 amide bonds. The lowest BCUT2D eigenvalue weighted by atomic mass is 9.84. The predicted octanol–water partition coefficient (Wildman–Crippen LogP) is 1.99. The molecule has 1 rings (SSSR count). The normalized spacial score (nSPS) is 27.8. The molecule has 0 unspecified atom stereocenters. The van der Waals surface area contributed by atoms with Crippen LogP contribution in [-0.4, -0.2) is 5.54 Å². The summed E-state index contributed by atoms with van der Waals surface area (Å²) in [5.74, 6) is 0. The Morgan fingerprint density at radius 3 is 1.88 bits per heavy atom. The molecule has 0 heterocycles. The lowest BCUT2D eigenvalue weighted by Gasteiger charge is -2.27. The summed E-state index contributed by atoms with van der Waals surface area (Å²) in [6.45, 7) is 2.05. The van der Waals surface area contributed by atoms with E-state index in [0.717, 1.165) is 12.8 Å². The van der Waals surface area contributed by atoms with E-state index in [1.54, 1.807) is 0 Å². The Hall–Kier alpha value is -0.0400. The van der Waals surface area contributed by atoms with E-state index >= 15 is 0 Å². The zero-order chi connectivity index (χ0) is 6.04. The summed E-state index contributed by atoms with van der Waals surface area (Å²) < 4.78 is 0. The van der Waals surface area contributed by atoms with E-state index in [-0.39, 0.29) is 5.54 Å². The molecule has 1 N–H and O–H groups in total. The average molecular weight is 112 g/mol. The van der Waals surface area contributed by atoms with Crippen LogP contribution in [0.3, 0.4) is 0 Å². The highest BCUT2D eigenvalue weighted by atomic mass is 14.7. The van der Waals surface area contributed by atoms with Gasteiger partial charge in [-0.25, -0.2) is 0 Å². The third-order valence-electron chi connectivity index (χ3n) is 1.96. The SMILES string of the molecule is CC1([NH])CCCCC1. The molecule has 8 heavy (non-hydrogen) atoms. The standard InChI is InChI=1S/C7H14N/c1-7(8)5-3-2-4-6-7/h8H,2-6H2,1H3. The fourth-order valence-corrected chi connectivity index (χ4v) is 1.33. The molecule has 1 radical (unpaired) electrons. The molecule has 1 aliphatic carbocycles. The van der Waals surface area contributed by atoms with Gasteiger partial charge in [0.05, 0.1) is 0 Å². The quantitative estimate of drug-likeness (QED) is 0.457. The Kier molecular flexibility index (Phi) is 1.57. The summed E-state index contributed by atoms with van der Waals surface area (Å²) in [6, 6.07) is 0. The molecular weight excluding hydrogens is 98.1 g/mol. The summed E-state index contributed by atoms with van der Waals surface area (Å²) in [7, 11) is 0. The van der Waals surface area contributed by atoms with Crippen LogP contribution in [0.4, 0.5) is 0 Å². The minimum absolute atomic E-state index is 0.0712. The van der Waals surface area contributed by atoms with Crippen molar-refractivity contribution in [2.45, 2.75) is 44.6 Å². The molecule has 0 atom stereocenters. The third kappa shape index (κ3) is 1.48. The molecule has 1 heteroatoms. The van der Waals surface area contributed by atoms with Crippen LogP contribution in [0.5, 0.6) is 0 Å². The van der Waals surface area contributed by atoms with E-state index in [2.05, 4.69) is 0 Å². The minimum Gasteiger partial charge on any atom is -0.251 e. The van der Waals surface area contributed by atoms with Crippen molar-refractivity contribution >= 4 is 0 Å². The zero-order valence-corrected chi connectivity index (χ0v) is 5.54. The smallest absolute Gasteiger partial charge is 0.0295 e. The van der Waals surface area contributed by atoms with Crippen molar-refractivity contribution in [2.24, 2.45) is 0 Å². The van der Waals surface area contributed by atoms with E-state index in [1.165, 1.54) is 19.3 Å². The van der Waals surface area contributed by atoms with Crippen molar-refractivity contribution in [3.05, 3.63) is 0 Å². The van der Waals surface area contributed by atoms with Gasteiger partial charge in [-0.05, 0) is 19.8 Å². The molecule has 0 spiro atoms. The molecule has 1 saturated carbocycles. The molecule has 0 aliphatic heterocycles. The maximum Gasteiger partial charge on any atom is 0.0295 e. The Balaban J connectivity index is 2.33. The molecule has 1 nitrogen and oxygen atoms in total. The van der Waals surface area contributed by atoms with Crippen LogP contribution in [0.25, 0.3) is 0 Å². The summed E-state index contributed by atoms with van der Waals surface area (Å²) in [4.78, 5) is 0. The van der Waals surface area contributed by atoms with Crippen molar-refractivity contribution in [2.75, 3.05) is 0 Å². The van der Waals surface area contributed by atoms with E-state index in [0.29, 0.717) is 0 Å². The van der Waals surface area contributed by atoms with Gasteiger partial charge in [-0.3, -0.25) is 5.73 Å². The fourth-order valence-electron chi connectivity index (χ4n) is 1.33. The Morgan fingerprint density at radius 2 is 1.62 bits per heavy atom. The van der Waals surface area contributed by atoms with Crippen LogP contribution in [0, 0.1) is 0 Å². The monoisotopic (exact) mass is 112 g/mol. The Morgan fingerprint density at radius 1 is 1.12 bits per heavy atom.